The van der Waals surface area contributed by atoms with Gasteiger partial charge in [0.1, 0.15) is 6.17 Å². The van der Waals surface area contributed by atoms with Crippen LogP contribution in [0.2, 0.25) is 0 Å². The van der Waals surface area contributed by atoms with Crippen molar-refractivity contribution in [2.45, 2.75) is 38.9 Å². The highest BCUT2D eigenvalue weighted by Crippen LogP contribution is 2.22. The number of nitrogens with zero attached hydrogens (tertiary/aromatic N) is 2. The molecule has 1 N–H and O–H groups in total. The van der Waals surface area contributed by atoms with Gasteiger partial charge in [-0.15, -0.1) is 0 Å². The zero-order valence-corrected chi connectivity index (χ0v) is 10.7. The molecule has 1 aromatic rings. The molecule has 4 nitrogen and oxygen atoms in total. The van der Waals surface area contributed by atoms with Gasteiger partial charge in [0.2, 0.25) is 5.89 Å². The number of hydrogen-bond acceptors (Lipinski definition) is 4. The molecular formula is C13H18FN3O. The van der Waals surface area contributed by atoms with Gasteiger partial charge < -0.3 is 9.84 Å². The van der Waals surface area contributed by atoms with E-state index in [1.54, 1.807) is 12.2 Å². The Morgan fingerprint density at radius 3 is 3.11 bits per heavy atom. The average Bonchev–Trinajstić information content (AvgIpc) is 2.99. The Bertz CT molecular complexity index is 445. The molecule has 1 aliphatic rings. The Hall–Kier alpha value is -1.49. The summed E-state index contributed by atoms with van der Waals surface area (Å²) >= 11 is 0. The van der Waals surface area contributed by atoms with Gasteiger partial charge in [-0.25, -0.2) is 4.39 Å². The zero-order chi connectivity index (χ0) is 13.0. The molecule has 2 atom stereocenters. The fourth-order valence-electron chi connectivity index (χ4n) is 1.86. The van der Waals surface area contributed by atoms with Crippen molar-refractivity contribution in [3.63, 3.8) is 0 Å². The topological polar surface area (TPSA) is 51.0 Å². The van der Waals surface area contributed by atoms with Crippen LogP contribution in [0.3, 0.4) is 0 Å². The third-order valence-electron chi connectivity index (χ3n) is 2.88. The molecule has 2 rings (SSSR count). The second-order valence-electron chi connectivity index (χ2n) is 4.52. The monoisotopic (exact) mass is 251 g/mol. The smallest absolute Gasteiger partial charge is 0.244 e. The van der Waals surface area contributed by atoms with Crippen molar-refractivity contribution in [2.24, 2.45) is 0 Å². The molecule has 0 radical (unpaired) electrons. The van der Waals surface area contributed by atoms with Gasteiger partial charge in [0, 0.05) is 0 Å². The van der Waals surface area contributed by atoms with Crippen molar-refractivity contribution in [3.8, 4) is 0 Å². The molecule has 1 unspecified atom stereocenters. The average molecular weight is 251 g/mol. The largest absolute Gasteiger partial charge is 0.337 e. The molecule has 0 spiro atoms. The van der Waals surface area contributed by atoms with Crippen molar-refractivity contribution < 1.29 is 8.91 Å². The van der Waals surface area contributed by atoms with Crippen molar-refractivity contribution in [3.05, 3.63) is 29.9 Å². The van der Waals surface area contributed by atoms with Crippen molar-refractivity contribution >= 4 is 5.57 Å². The fourth-order valence-corrected chi connectivity index (χ4v) is 1.86. The molecule has 0 aromatic carbocycles. The van der Waals surface area contributed by atoms with Crippen LogP contribution >= 0.6 is 0 Å². The molecule has 1 aromatic heterocycles. The Morgan fingerprint density at radius 1 is 1.61 bits per heavy atom. The van der Waals surface area contributed by atoms with E-state index in [9.17, 15) is 4.39 Å². The first-order valence-corrected chi connectivity index (χ1v) is 6.23. The van der Waals surface area contributed by atoms with Crippen LogP contribution < -0.4 is 5.32 Å². The van der Waals surface area contributed by atoms with E-state index in [1.807, 2.05) is 6.92 Å². The number of rotatable bonds is 4. The summed E-state index contributed by atoms with van der Waals surface area (Å²) in [4.78, 5) is 4.35. The summed E-state index contributed by atoms with van der Waals surface area (Å²) in [6.45, 7) is 4.36. The molecule has 0 bridgehead atoms. The second kappa shape index (κ2) is 5.91. The van der Waals surface area contributed by atoms with Gasteiger partial charge in [0.25, 0.3) is 0 Å². The number of alkyl halides is 1. The summed E-state index contributed by atoms with van der Waals surface area (Å²) in [6.07, 6.45) is 6.15. The molecule has 2 heterocycles. The van der Waals surface area contributed by atoms with Gasteiger partial charge >= 0.3 is 0 Å². The molecule has 0 aliphatic carbocycles. The minimum absolute atomic E-state index is 0.181. The van der Waals surface area contributed by atoms with Crippen molar-refractivity contribution in [2.75, 3.05) is 6.54 Å². The highest BCUT2D eigenvalue weighted by atomic mass is 19.1. The normalized spacial score (nSPS) is 22.8. The Morgan fingerprint density at radius 2 is 2.44 bits per heavy atom. The summed E-state index contributed by atoms with van der Waals surface area (Å²) in [5, 5.41) is 7.24. The lowest BCUT2D eigenvalue weighted by Gasteiger charge is -2.01. The van der Waals surface area contributed by atoms with Crippen LogP contribution in [0.15, 0.2) is 22.8 Å². The molecule has 1 saturated heterocycles. The summed E-state index contributed by atoms with van der Waals surface area (Å²) < 4.78 is 17.8. The van der Waals surface area contributed by atoms with Crippen LogP contribution in [-0.4, -0.2) is 22.9 Å². The van der Waals surface area contributed by atoms with Gasteiger partial charge in [0.05, 0.1) is 6.04 Å². The summed E-state index contributed by atoms with van der Waals surface area (Å²) in [7, 11) is 0. The molecule has 18 heavy (non-hydrogen) atoms. The number of nitrogens with one attached hydrogen (secondary N) is 1. The second-order valence-corrected chi connectivity index (χ2v) is 4.52. The lowest BCUT2D eigenvalue weighted by atomic mass is 10.2. The Kier molecular flexibility index (Phi) is 4.25. The molecule has 1 fully saturated rings. The lowest BCUT2D eigenvalue weighted by molar-refractivity contribution is 0.343. The molecule has 98 valence electrons. The van der Waals surface area contributed by atoms with Crippen molar-refractivity contribution in [1.82, 2.24) is 15.5 Å². The van der Waals surface area contributed by atoms with Gasteiger partial charge in [-0.05, 0) is 38.8 Å². The minimum atomic E-state index is -0.947. The van der Waals surface area contributed by atoms with Gasteiger partial charge in [0.15, 0.2) is 5.82 Å². The Balaban J connectivity index is 2.04. The van der Waals surface area contributed by atoms with Crippen LogP contribution in [0.5, 0.6) is 0 Å². The van der Waals surface area contributed by atoms with E-state index in [1.165, 1.54) is 13.0 Å². The first kappa shape index (κ1) is 13.0. The molecule has 0 saturated carbocycles. The number of allylic oxidation sites excluding steroid dienone is 4. The van der Waals surface area contributed by atoms with Crippen LogP contribution in [-0.2, 0) is 0 Å². The molecular weight excluding hydrogens is 233 g/mol. The SMILES string of the molecule is C/C(=C\C=C/C(C)F)c1noc([C@@H]2CCCN2)n1. The van der Waals surface area contributed by atoms with E-state index in [2.05, 4.69) is 15.5 Å². The van der Waals surface area contributed by atoms with Gasteiger partial charge in [-0.3, -0.25) is 0 Å². The van der Waals surface area contributed by atoms with E-state index in [-0.39, 0.29) is 6.04 Å². The molecule has 0 amide bonds. The predicted molar refractivity (Wildman–Crippen MR) is 67.6 cm³/mol. The zero-order valence-electron chi connectivity index (χ0n) is 10.7. The van der Waals surface area contributed by atoms with Crippen LogP contribution in [0.25, 0.3) is 5.57 Å². The van der Waals surface area contributed by atoms with Gasteiger partial charge in [-0.1, -0.05) is 23.4 Å². The Labute approximate surface area is 106 Å². The maximum absolute atomic E-state index is 12.6. The molecule has 1 aliphatic heterocycles. The summed E-state index contributed by atoms with van der Waals surface area (Å²) in [5.41, 5.74) is 0.861. The third kappa shape index (κ3) is 3.26. The fraction of sp³-hybridized carbons (Fsp3) is 0.538. The highest BCUT2D eigenvalue weighted by Gasteiger charge is 2.22. The predicted octanol–water partition coefficient (Wildman–Crippen LogP) is 2.81. The van der Waals surface area contributed by atoms with Gasteiger partial charge in [-0.2, -0.15) is 4.98 Å². The summed E-state index contributed by atoms with van der Waals surface area (Å²) in [6, 6.07) is 0.181. The lowest BCUT2D eigenvalue weighted by Crippen LogP contribution is -2.13. The van der Waals surface area contributed by atoms with Crippen LogP contribution in [0, 0.1) is 0 Å². The van der Waals surface area contributed by atoms with Crippen LogP contribution in [0.4, 0.5) is 4.39 Å². The highest BCUT2D eigenvalue weighted by molar-refractivity contribution is 5.58. The summed E-state index contributed by atoms with van der Waals surface area (Å²) in [5.74, 6) is 1.20. The maximum Gasteiger partial charge on any atom is 0.244 e. The van der Waals surface area contributed by atoms with E-state index in [4.69, 9.17) is 4.52 Å². The molecule has 5 heteroatoms. The number of halogens is 1. The number of hydrogen-bond donors (Lipinski definition) is 1. The van der Waals surface area contributed by atoms with E-state index in [0.29, 0.717) is 11.7 Å². The first-order valence-electron chi connectivity index (χ1n) is 6.23. The number of aromatic nitrogens is 2. The standard InChI is InChI=1S/C13H18FN3O/c1-9(5-3-6-10(2)14)12-16-13(18-17-12)11-7-4-8-15-11/h3,5-6,10-11,15H,4,7-8H2,1-2H3/b6-3-,9-5+/t10?,11-/m0/s1. The maximum atomic E-state index is 12.6. The first-order chi connectivity index (χ1) is 8.66. The third-order valence-corrected chi connectivity index (χ3v) is 2.88. The van der Waals surface area contributed by atoms with E-state index >= 15 is 0 Å². The van der Waals surface area contributed by atoms with Crippen molar-refractivity contribution in [1.29, 1.82) is 0 Å². The minimum Gasteiger partial charge on any atom is -0.337 e. The van der Waals surface area contributed by atoms with E-state index in [0.717, 1.165) is 25.0 Å². The van der Waals surface area contributed by atoms with E-state index < -0.39 is 6.17 Å². The quantitative estimate of drug-likeness (QED) is 0.836. The van der Waals surface area contributed by atoms with Crippen LogP contribution in [0.1, 0.15) is 44.4 Å².